The van der Waals surface area contributed by atoms with Gasteiger partial charge in [0.2, 0.25) is 5.91 Å². The lowest BCUT2D eigenvalue weighted by Crippen LogP contribution is -2.32. The van der Waals surface area contributed by atoms with Crippen molar-refractivity contribution >= 4 is 40.7 Å². The molecule has 0 unspecified atom stereocenters. The number of thioether (sulfide) groups is 1. The topological polar surface area (TPSA) is 46.2 Å². The molecule has 3 nitrogen and oxygen atoms in total. The monoisotopic (exact) mass is 397 g/mol. The number of nitrogens with one attached hydrogen (secondary N) is 1. The van der Waals surface area contributed by atoms with Gasteiger partial charge in [0.25, 0.3) is 0 Å². The molecule has 0 atom stereocenters. The van der Waals surface area contributed by atoms with Crippen molar-refractivity contribution in [3.05, 3.63) is 29.3 Å². The average molecular weight is 398 g/mol. The Bertz CT molecular complexity index is 575. The Morgan fingerprint density at radius 2 is 1.65 bits per heavy atom. The van der Waals surface area contributed by atoms with Crippen LogP contribution in [-0.2, 0) is 9.59 Å². The summed E-state index contributed by atoms with van der Waals surface area (Å²) < 4.78 is -0.542. The van der Waals surface area contributed by atoms with Crippen LogP contribution < -0.4 is 5.32 Å². The second-order valence-corrected chi connectivity index (χ2v) is 9.23. The van der Waals surface area contributed by atoms with Gasteiger partial charge in [0, 0.05) is 0 Å². The number of rotatable bonds is 13. The van der Waals surface area contributed by atoms with Crippen LogP contribution in [0.2, 0.25) is 5.02 Å². The molecule has 26 heavy (non-hydrogen) atoms. The molecule has 0 heterocycles. The second-order valence-electron chi connectivity index (χ2n) is 7.11. The Morgan fingerprint density at radius 3 is 2.31 bits per heavy atom. The van der Waals surface area contributed by atoms with E-state index in [9.17, 15) is 9.59 Å². The van der Waals surface area contributed by atoms with Crippen LogP contribution in [0.3, 0.4) is 0 Å². The number of ketones is 1. The fourth-order valence-electron chi connectivity index (χ4n) is 2.58. The maximum atomic E-state index is 12.5. The maximum Gasteiger partial charge on any atom is 0.231 e. The summed E-state index contributed by atoms with van der Waals surface area (Å²) in [6.07, 6.45) is 8.73. The van der Waals surface area contributed by atoms with Crippen LogP contribution in [0.4, 0.5) is 5.69 Å². The van der Waals surface area contributed by atoms with E-state index in [0.717, 1.165) is 12.2 Å². The van der Waals surface area contributed by atoms with Gasteiger partial charge >= 0.3 is 0 Å². The molecular weight excluding hydrogens is 366 g/mol. The second kappa shape index (κ2) is 12.4. The lowest BCUT2D eigenvalue weighted by molar-refractivity contribution is -0.126. The summed E-state index contributed by atoms with van der Waals surface area (Å²) >= 11 is 7.68. The van der Waals surface area contributed by atoms with Gasteiger partial charge in [0.1, 0.15) is 0 Å². The normalized spacial score (nSPS) is 11.4. The minimum atomic E-state index is -0.542. The Morgan fingerprint density at radius 1 is 1.04 bits per heavy atom. The standard InChI is InChI=1S/C21H32ClNO2S/c1-4-5-6-7-8-9-12-15-26-21(2,3)19(24)16-20(25)23-18-14-11-10-13-17(18)22/h10-11,13-14H,4-9,12,15-16H2,1-3H3,(H,23,25). The molecule has 1 N–H and O–H groups in total. The lowest BCUT2D eigenvalue weighted by atomic mass is 10.0. The van der Waals surface area contributed by atoms with E-state index < -0.39 is 4.75 Å². The van der Waals surface area contributed by atoms with Gasteiger partial charge in [0.05, 0.1) is 21.9 Å². The summed E-state index contributed by atoms with van der Waals surface area (Å²) in [6, 6.07) is 7.03. The number of anilines is 1. The summed E-state index contributed by atoms with van der Waals surface area (Å²) in [6.45, 7) is 6.04. The minimum Gasteiger partial charge on any atom is -0.324 e. The van der Waals surface area contributed by atoms with Crippen LogP contribution >= 0.6 is 23.4 Å². The Hall–Kier alpha value is -1.00. The molecule has 5 heteroatoms. The fraction of sp³-hybridized carbons (Fsp3) is 0.619. The zero-order valence-electron chi connectivity index (χ0n) is 16.3. The molecule has 0 radical (unpaired) electrons. The van der Waals surface area contributed by atoms with Crippen LogP contribution in [0.5, 0.6) is 0 Å². The summed E-state index contributed by atoms with van der Waals surface area (Å²) in [5.41, 5.74) is 0.542. The molecule has 0 aromatic heterocycles. The number of carbonyl (C=O) groups is 2. The van der Waals surface area contributed by atoms with Crippen molar-refractivity contribution in [2.45, 2.75) is 76.9 Å². The van der Waals surface area contributed by atoms with E-state index in [1.165, 1.54) is 38.5 Å². The number of carbonyl (C=O) groups excluding carboxylic acids is 2. The van der Waals surface area contributed by atoms with E-state index in [4.69, 9.17) is 11.6 Å². The summed E-state index contributed by atoms with van der Waals surface area (Å²) in [7, 11) is 0. The van der Waals surface area contributed by atoms with E-state index in [1.54, 1.807) is 36.0 Å². The highest BCUT2D eigenvalue weighted by Gasteiger charge is 2.29. The van der Waals surface area contributed by atoms with Gasteiger partial charge in [-0.05, 0) is 38.2 Å². The van der Waals surface area contributed by atoms with Crippen molar-refractivity contribution in [2.75, 3.05) is 11.1 Å². The highest BCUT2D eigenvalue weighted by molar-refractivity contribution is 8.01. The first-order valence-electron chi connectivity index (χ1n) is 9.58. The van der Waals surface area contributed by atoms with Crippen molar-refractivity contribution in [1.29, 1.82) is 0 Å². The summed E-state index contributed by atoms with van der Waals surface area (Å²) in [4.78, 5) is 24.6. The quantitative estimate of drug-likeness (QED) is 0.305. The van der Waals surface area contributed by atoms with Crippen molar-refractivity contribution < 1.29 is 9.59 Å². The van der Waals surface area contributed by atoms with Crippen molar-refractivity contribution in [2.24, 2.45) is 0 Å². The number of unbranched alkanes of at least 4 members (excludes halogenated alkanes) is 6. The highest BCUT2D eigenvalue weighted by atomic mass is 35.5. The molecule has 1 aromatic carbocycles. The predicted molar refractivity (Wildman–Crippen MR) is 114 cm³/mol. The first-order valence-corrected chi connectivity index (χ1v) is 10.9. The molecule has 0 saturated heterocycles. The van der Waals surface area contributed by atoms with E-state index in [0.29, 0.717) is 10.7 Å². The first-order chi connectivity index (χ1) is 12.4. The Balaban J connectivity index is 2.29. The highest BCUT2D eigenvalue weighted by Crippen LogP contribution is 2.28. The Kier molecular flexibility index (Phi) is 11.0. The maximum absolute atomic E-state index is 12.5. The zero-order chi connectivity index (χ0) is 19.4. The molecule has 0 saturated carbocycles. The molecule has 0 fully saturated rings. The minimum absolute atomic E-state index is 0.0463. The number of Topliss-reactive ketones (excluding diaryl/α,β-unsaturated/α-hetero) is 1. The molecule has 0 bridgehead atoms. The van der Waals surface area contributed by atoms with Gasteiger partial charge in [-0.1, -0.05) is 69.2 Å². The van der Waals surface area contributed by atoms with E-state index in [-0.39, 0.29) is 18.1 Å². The lowest BCUT2D eigenvalue weighted by Gasteiger charge is -2.22. The van der Waals surface area contributed by atoms with Gasteiger partial charge in [-0.3, -0.25) is 9.59 Å². The number of hydrogen-bond acceptors (Lipinski definition) is 3. The summed E-state index contributed by atoms with van der Waals surface area (Å²) in [5, 5.41) is 3.19. The third-order valence-corrected chi connectivity index (χ3v) is 6.12. The number of para-hydroxylation sites is 1. The molecule has 1 rings (SSSR count). The van der Waals surface area contributed by atoms with Gasteiger partial charge in [-0.2, -0.15) is 0 Å². The number of halogens is 1. The van der Waals surface area contributed by atoms with Crippen LogP contribution in [0, 0.1) is 0 Å². The number of hydrogen-bond donors (Lipinski definition) is 1. The molecule has 0 aliphatic heterocycles. The van der Waals surface area contributed by atoms with Gasteiger partial charge in [-0.25, -0.2) is 0 Å². The van der Waals surface area contributed by atoms with Gasteiger partial charge in [0.15, 0.2) is 5.78 Å². The van der Waals surface area contributed by atoms with Crippen molar-refractivity contribution in [3.8, 4) is 0 Å². The third-order valence-electron chi connectivity index (χ3n) is 4.35. The van der Waals surface area contributed by atoms with Crippen LogP contribution in [0.15, 0.2) is 24.3 Å². The van der Waals surface area contributed by atoms with E-state index in [1.807, 2.05) is 13.8 Å². The van der Waals surface area contributed by atoms with Crippen molar-refractivity contribution in [3.63, 3.8) is 0 Å². The molecule has 146 valence electrons. The van der Waals surface area contributed by atoms with E-state index >= 15 is 0 Å². The predicted octanol–water partition coefficient (Wildman–Crippen LogP) is 6.50. The molecule has 0 aliphatic carbocycles. The molecule has 0 aliphatic rings. The average Bonchev–Trinajstić information content (AvgIpc) is 2.59. The van der Waals surface area contributed by atoms with E-state index in [2.05, 4.69) is 12.2 Å². The SMILES string of the molecule is CCCCCCCCCSC(C)(C)C(=O)CC(=O)Nc1ccccc1Cl. The zero-order valence-corrected chi connectivity index (χ0v) is 17.8. The summed E-state index contributed by atoms with van der Waals surface area (Å²) in [5.74, 6) is 0.598. The van der Waals surface area contributed by atoms with Gasteiger partial charge in [-0.15, -0.1) is 11.8 Å². The molecule has 0 spiro atoms. The van der Waals surface area contributed by atoms with Gasteiger partial charge < -0.3 is 5.32 Å². The number of benzene rings is 1. The molecule has 1 aromatic rings. The fourth-order valence-corrected chi connectivity index (χ4v) is 3.86. The smallest absolute Gasteiger partial charge is 0.231 e. The van der Waals surface area contributed by atoms with Crippen LogP contribution in [0.1, 0.15) is 72.1 Å². The molecular formula is C21H32ClNO2S. The van der Waals surface area contributed by atoms with Crippen molar-refractivity contribution in [1.82, 2.24) is 0 Å². The van der Waals surface area contributed by atoms with Crippen LogP contribution in [0.25, 0.3) is 0 Å². The number of amides is 1. The first kappa shape index (κ1) is 23.0. The van der Waals surface area contributed by atoms with Crippen LogP contribution in [-0.4, -0.2) is 22.2 Å². The Labute approximate surface area is 167 Å². The molecule has 1 amide bonds. The third kappa shape index (κ3) is 9.09. The largest absolute Gasteiger partial charge is 0.324 e.